The lowest BCUT2D eigenvalue weighted by molar-refractivity contribution is -0.142. The van der Waals surface area contributed by atoms with Gasteiger partial charge in [-0.3, -0.25) is 14.4 Å². The summed E-state index contributed by atoms with van der Waals surface area (Å²) in [5.74, 6) is -3.41. The van der Waals surface area contributed by atoms with Crippen LogP contribution in [0.3, 0.4) is 0 Å². The van der Waals surface area contributed by atoms with Crippen LogP contribution in [-0.2, 0) is 25.6 Å². The van der Waals surface area contributed by atoms with Crippen LogP contribution in [0.1, 0.15) is 25.8 Å². The van der Waals surface area contributed by atoms with Crippen molar-refractivity contribution in [2.24, 2.45) is 11.7 Å². The number of benzene rings is 1. The lowest BCUT2D eigenvalue weighted by atomic mass is 9.98. The molecule has 2 rings (SSSR count). The number of hydrogen-bond acceptors (Lipinski definition) is 6. The molecule has 1 aromatic heterocycles. The monoisotopic (exact) mass is 461 g/mol. The largest absolute Gasteiger partial charge is 0.480 e. The molecule has 0 saturated heterocycles. The van der Waals surface area contributed by atoms with Crippen molar-refractivity contribution >= 4 is 34.6 Å². The Labute approximate surface area is 191 Å². The second-order valence-electron chi connectivity index (χ2n) is 7.89. The minimum atomic E-state index is -1.48. The number of H-pyrrole nitrogens is 1. The van der Waals surface area contributed by atoms with Crippen LogP contribution in [-0.4, -0.2) is 70.2 Å². The number of hydrogen-bond donors (Lipinski definition) is 7. The number of aliphatic hydroxyl groups is 1. The van der Waals surface area contributed by atoms with E-state index in [1.807, 2.05) is 38.1 Å². The Morgan fingerprint density at radius 3 is 2.42 bits per heavy atom. The topological polar surface area (TPSA) is 187 Å². The van der Waals surface area contributed by atoms with E-state index < -0.39 is 55.0 Å². The van der Waals surface area contributed by atoms with Gasteiger partial charge in [0.15, 0.2) is 0 Å². The van der Waals surface area contributed by atoms with E-state index >= 15 is 0 Å². The van der Waals surface area contributed by atoms with Crippen molar-refractivity contribution in [3.05, 3.63) is 36.0 Å². The zero-order chi connectivity index (χ0) is 24.5. The third-order valence-corrected chi connectivity index (χ3v) is 5.53. The molecule has 1 aromatic carbocycles. The highest BCUT2D eigenvalue weighted by molar-refractivity contribution is 5.93. The summed E-state index contributed by atoms with van der Waals surface area (Å²) in [6.45, 7) is 2.43. The van der Waals surface area contributed by atoms with Gasteiger partial charge in [0.2, 0.25) is 17.7 Å². The lowest BCUT2D eigenvalue weighted by Crippen LogP contribution is -2.55. The summed E-state index contributed by atoms with van der Waals surface area (Å²) in [6.07, 6.45) is 2.58. The molecule has 1 heterocycles. The molecule has 33 heavy (non-hydrogen) atoms. The van der Waals surface area contributed by atoms with Gasteiger partial charge < -0.3 is 36.9 Å². The molecule has 4 atom stereocenters. The number of carboxylic acids is 1. The minimum absolute atomic E-state index is 0.0981. The molecule has 4 unspecified atom stereocenters. The van der Waals surface area contributed by atoms with Crippen molar-refractivity contribution in [1.82, 2.24) is 20.9 Å². The number of aliphatic carboxylic acids is 1. The maximum absolute atomic E-state index is 12.9. The predicted octanol–water partition coefficient (Wildman–Crippen LogP) is -0.753. The highest BCUT2D eigenvalue weighted by atomic mass is 16.4. The number of para-hydroxylation sites is 1. The molecule has 11 heteroatoms. The van der Waals surface area contributed by atoms with E-state index in [2.05, 4.69) is 20.9 Å². The zero-order valence-corrected chi connectivity index (χ0v) is 18.6. The summed E-state index contributed by atoms with van der Waals surface area (Å²) in [5, 5.41) is 26.0. The SMILES string of the molecule is CCC(C)C(N)C(=O)NC(Cc1c[nH]c2ccccc12)C(=O)NCC(=O)NC(CO)C(=O)O. The number of fused-ring (bicyclic) bond motifs is 1. The van der Waals surface area contributed by atoms with E-state index in [0.717, 1.165) is 16.5 Å². The first-order chi connectivity index (χ1) is 15.7. The third-order valence-electron chi connectivity index (χ3n) is 5.53. The number of nitrogens with two attached hydrogens (primary N) is 1. The van der Waals surface area contributed by atoms with Crippen molar-refractivity contribution < 1.29 is 29.4 Å². The molecule has 11 nitrogen and oxygen atoms in total. The number of aromatic amines is 1. The fourth-order valence-electron chi connectivity index (χ4n) is 3.23. The Kier molecular flexibility index (Phi) is 9.37. The van der Waals surface area contributed by atoms with Crippen LogP contribution in [0, 0.1) is 5.92 Å². The van der Waals surface area contributed by atoms with E-state index in [9.17, 15) is 19.2 Å². The molecule has 180 valence electrons. The van der Waals surface area contributed by atoms with Crippen molar-refractivity contribution in [2.75, 3.05) is 13.2 Å². The molecule has 0 spiro atoms. The summed E-state index contributed by atoms with van der Waals surface area (Å²) >= 11 is 0. The van der Waals surface area contributed by atoms with Crippen molar-refractivity contribution in [2.45, 2.75) is 44.8 Å². The van der Waals surface area contributed by atoms with Crippen LogP contribution in [0.2, 0.25) is 0 Å². The Hall–Kier alpha value is -3.44. The number of carboxylic acid groups (broad SMARTS) is 1. The number of amides is 3. The van der Waals surface area contributed by atoms with Gasteiger partial charge in [0.1, 0.15) is 12.1 Å². The van der Waals surface area contributed by atoms with Crippen molar-refractivity contribution in [3.63, 3.8) is 0 Å². The van der Waals surface area contributed by atoms with Gasteiger partial charge >= 0.3 is 5.97 Å². The van der Waals surface area contributed by atoms with Crippen molar-refractivity contribution in [3.8, 4) is 0 Å². The van der Waals surface area contributed by atoms with Gasteiger partial charge in [-0.25, -0.2) is 4.79 Å². The maximum atomic E-state index is 12.9. The average Bonchev–Trinajstić information content (AvgIpc) is 3.21. The Balaban J connectivity index is 2.13. The summed E-state index contributed by atoms with van der Waals surface area (Å²) in [6, 6.07) is 4.19. The van der Waals surface area contributed by atoms with Crippen LogP contribution in [0.4, 0.5) is 0 Å². The molecule has 0 saturated carbocycles. The number of rotatable bonds is 12. The highest BCUT2D eigenvalue weighted by Crippen LogP contribution is 2.19. The molecule has 0 bridgehead atoms. The smallest absolute Gasteiger partial charge is 0.328 e. The summed E-state index contributed by atoms with van der Waals surface area (Å²) < 4.78 is 0. The van der Waals surface area contributed by atoms with E-state index in [-0.39, 0.29) is 12.3 Å². The number of aliphatic hydroxyl groups excluding tert-OH is 1. The van der Waals surface area contributed by atoms with Gasteiger partial charge in [-0.2, -0.15) is 0 Å². The molecular weight excluding hydrogens is 430 g/mol. The summed E-state index contributed by atoms with van der Waals surface area (Å²) in [5.41, 5.74) is 7.67. The standard InChI is InChI=1S/C22H31N5O6/c1-3-12(2)19(23)21(31)27-16(8-13-9-24-15-7-5-4-6-14(13)15)20(30)25-10-18(29)26-17(11-28)22(32)33/h4-7,9,12,16-17,19,24,28H,3,8,10-11,23H2,1-2H3,(H,25,30)(H,26,29)(H,27,31)(H,32,33). The molecule has 0 aliphatic heterocycles. The number of carbonyl (C=O) groups is 4. The van der Waals surface area contributed by atoms with Crippen LogP contribution in [0.5, 0.6) is 0 Å². The predicted molar refractivity (Wildman–Crippen MR) is 121 cm³/mol. The number of nitrogens with one attached hydrogen (secondary N) is 4. The van der Waals surface area contributed by atoms with Gasteiger partial charge in [0.05, 0.1) is 19.2 Å². The molecule has 0 fully saturated rings. The summed E-state index contributed by atoms with van der Waals surface area (Å²) in [4.78, 5) is 51.6. The molecular formula is C22H31N5O6. The first-order valence-electron chi connectivity index (χ1n) is 10.7. The van der Waals surface area contributed by atoms with Crippen LogP contribution < -0.4 is 21.7 Å². The molecule has 0 aliphatic carbocycles. The molecule has 0 aliphatic rings. The Bertz CT molecular complexity index is 991. The van der Waals surface area contributed by atoms with E-state index in [1.54, 1.807) is 6.20 Å². The molecule has 2 aromatic rings. The highest BCUT2D eigenvalue weighted by Gasteiger charge is 2.27. The average molecular weight is 462 g/mol. The minimum Gasteiger partial charge on any atom is -0.480 e. The van der Waals surface area contributed by atoms with Gasteiger partial charge in [-0.05, 0) is 17.5 Å². The van der Waals surface area contributed by atoms with E-state index in [0.29, 0.717) is 6.42 Å². The molecule has 8 N–H and O–H groups in total. The third kappa shape index (κ3) is 7.02. The fourth-order valence-corrected chi connectivity index (χ4v) is 3.23. The first-order valence-corrected chi connectivity index (χ1v) is 10.7. The number of carbonyl (C=O) groups excluding carboxylic acids is 3. The first kappa shape index (κ1) is 25.8. The maximum Gasteiger partial charge on any atom is 0.328 e. The quantitative estimate of drug-likeness (QED) is 0.216. The lowest BCUT2D eigenvalue weighted by Gasteiger charge is -2.23. The van der Waals surface area contributed by atoms with Crippen LogP contribution in [0.15, 0.2) is 30.5 Å². The Morgan fingerprint density at radius 1 is 1.09 bits per heavy atom. The van der Waals surface area contributed by atoms with Gasteiger partial charge in [-0.1, -0.05) is 38.5 Å². The molecule has 0 radical (unpaired) electrons. The molecule has 3 amide bonds. The Morgan fingerprint density at radius 2 is 1.79 bits per heavy atom. The second kappa shape index (κ2) is 12.0. The zero-order valence-electron chi connectivity index (χ0n) is 18.6. The van der Waals surface area contributed by atoms with Crippen LogP contribution >= 0.6 is 0 Å². The summed E-state index contributed by atoms with van der Waals surface area (Å²) in [7, 11) is 0. The van der Waals surface area contributed by atoms with Gasteiger partial charge in [-0.15, -0.1) is 0 Å². The second-order valence-corrected chi connectivity index (χ2v) is 7.89. The van der Waals surface area contributed by atoms with Gasteiger partial charge in [0.25, 0.3) is 0 Å². The van der Waals surface area contributed by atoms with Crippen LogP contribution in [0.25, 0.3) is 10.9 Å². The fraction of sp³-hybridized carbons (Fsp3) is 0.455. The van der Waals surface area contributed by atoms with E-state index in [4.69, 9.17) is 15.9 Å². The van der Waals surface area contributed by atoms with Crippen molar-refractivity contribution in [1.29, 1.82) is 0 Å². The van der Waals surface area contributed by atoms with Gasteiger partial charge in [0, 0.05) is 23.5 Å². The number of aromatic nitrogens is 1. The van der Waals surface area contributed by atoms with E-state index in [1.165, 1.54) is 0 Å². The normalized spacial score (nSPS) is 14.7.